The van der Waals surface area contributed by atoms with Crippen molar-refractivity contribution in [1.29, 1.82) is 0 Å². The summed E-state index contributed by atoms with van der Waals surface area (Å²) in [6.07, 6.45) is 6.94. The Hall–Kier alpha value is -2.48. The lowest BCUT2D eigenvalue weighted by atomic mass is 10.2. The Morgan fingerprint density at radius 3 is 2.52 bits per heavy atom. The van der Waals surface area contributed by atoms with Crippen LogP contribution < -0.4 is 4.90 Å². The first-order valence-electron chi connectivity index (χ1n) is 8.48. The second-order valence-corrected chi connectivity index (χ2v) is 6.45. The van der Waals surface area contributed by atoms with Gasteiger partial charge in [0.15, 0.2) is 0 Å². The van der Waals surface area contributed by atoms with Crippen molar-refractivity contribution in [2.75, 3.05) is 38.3 Å². The van der Waals surface area contributed by atoms with E-state index in [0.29, 0.717) is 37.3 Å². The molecule has 1 amide bonds. The van der Waals surface area contributed by atoms with Gasteiger partial charge in [-0.15, -0.1) is 0 Å². The Kier molecular flexibility index (Phi) is 5.28. The van der Waals surface area contributed by atoms with E-state index in [1.54, 1.807) is 30.5 Å². The molecular formula is C17H24N6O2. The predicted molar refractivity (Wildman–Crippen MR) is 93.5 cm³/mol. The van der Waals surface area contributed by atoms with E-state index in [4.69, 9.17) is 4.74 Å². The highest BCUT2D eigenvalue weighted by molar-refractivity contribution is 5.93. The average Bonchev–Trinajstić information content (AvgIpc) is 3.11. The highest BCUT2D eigenvalue weighted by Crippen LogP contribution is 2.12. The predicted octanol–water partition coefficient (Wildman–Crippen LogP) is 1.36. The Morgan fingerprint density at radius 2 is 1.92 bits per heavy atom. The van der Waals surface area contributed by atoms with Crippen molar-refractivity contribution in [2.24, 2.45) is 0 Å². The smallest absolute Gasteiger partial charge is 0.257 e. The third-order valence-corrected chi connectivity index (χ3v) is 4.13. The molecular weight excluding hydrogens is 320 g/mol. The van der Waals surface area contributed by atoms with Gasteiger partial charge in [-0.05, 0) is 13.8 Å². The maximum Gasteiger partial charge on any atom is 0.257 e. The second kappa shape index (κ2) is 7.60. The standard InChI is InChI=1S/C17H24N6O2/c1-13(2)23-12-14(8-20-23)11-21(3)16(24)15-9-18-17(19-10-15)22-4-6-25-7-5-22/h8-10,12-13H,4-7,11H2,1-3H3. The molecule has 8 nitrogen and oxygen atoms in total. The van der Waals surface area contributed by atoms with Crippen molar-refractivity contribution in [3.63, 3.8) is 0 Å². The van der Waals surface area contributed by atoms with E-state index in [0.717, 1.165) is 18.7 Å². The quantitative estimate of drug-likeness (QED) is 0.815. The zero-order valence-electron chi connectivity index (χ0n) is 14.9. The number of carbonyl (C=O) groups excluding carboxylic acids is 1. The molecule has 0 aliphatic carbocycles. The number of morpholine rings is 1. The maximum atomic E-state index is 12.6. The van der Waals surface area contributed by atoms with Crippen LogP contribution in [-0.2, 0) is 11.3 Å². The van der Waals surface area contributed by atoms with Crippen LogP contribution in [0.5, 0.6) is 0 Å². The van der Waals surface area contributed by atoms with Crippen molar-refractivity contribution >= 4 is 11.9 Å². The molecule has 0 aromatic carbocycles. The zero-order valence-corrected chi connectivity index (χ0v) is 14.9. The molecule has 2 aromatic heterocycles. The maximum absolute atomic E-state index is 12.6. The molecule has 1 fully saturated rings. The highest BCUT2D eigenvalue weighted by atomic mass is 16.5. The Labute approximate surface area is 147 Å². The molecule has 0 atom stereocenters. The molecule has 134 valence electrons. The van der Waals surface area contributed by atoms with Crippen LogP contribution in [-0.4, -0.2) is 63.9 Å². The zero-order chi connectivity index (χ0) is 17.8. The number of rotatable bonds is 5. The van der Waals surface area contributed by atoms with Gasteiger partial charge in [0.2, 0.25) is 5.95 Å². The van der Waals surface area contributed by atoms with Gasteiger partial charge in [0.1, 0.15) is 0 Å². The van der Waals surface area contributed by atoms with E-state index in [9.17, 15) is 4.79 Å². The van der Waals surface area contributed by atoms with Crippen LogP contribution in [0.4, 0.5) is 5.95 Å². The van der Waals surface area contributed by atoms with E-state index < -0.39 is 0 Å². The normalized spacial score (nSPS) is 14.8. The van der Waals surface area contributed by atoms with Crippen molar-refractivity contribution in [1.82, 2.24) is 24.6 Å². The first kappa shape index (κ1) is 17.3. The fourth-order valence-electron chi connectivity index (χ4n) is 2.67. The van der Waals surface area contributed by atoms with Gasteiger partial charge in [-0.25, -0.2) is 9.97 Å². The van der Waals surface area contributed by atoms with Gasteiger partial charge >= 0.3 is 0 Å². The average molecular weight is 344 g/mol. The number of nitrogens with zero attached hydrogens (tertiary/aromatic N) is 6. The summed E-state index contributed by atoms with van der Waals surface area (Å²) in [7, 11) is 1.77. The molecule has 1 aliphatic rings. The summed E-state index contributed by atoms with van der Waals surface area (Å²) in [5.74, 6) is 0.534. The Morgan fingerprint density at radius 1 is 1.24 bits per heavy atom. The van der Waals surface area contributed by atoms with Gasteiger partial charge in [0, 0.05) is 56.9 Å². The number of hydrogen-bond acceptors (Lipinski definition) is 6. The largest absolute Gasteiger partial charge is 0.378 e. The molecule has 0 N–H and O–H groups in total. The summed E-state index contributed by atoms with van der Waals surface area (Å²) >= 11 is 0. The van der Waals surface area contributed by atoms with Crippen molar-refractivity contribution in [3.05, 3.63) is 35.9 Å². The van der Waals surface area contributed by atoms with Crippen molar-refractivity contribution in [3.8, 4) is 0 Å². The summed E-state index contributed by atoms with van der Waals surface area (Å²) < 4.78 is 7.21. The first-order valence-corrected chi connectivity index (χ1v) is 8.48. The number of carbonyl (C=O) groups is 1. The second-order valence-electron chi connectivity index (χ2n) is 6.45. The molecule has 8 heteroatoms. The minimum absolute atomic E-state index is 0.106. The third-order valence-electron chi connectivity index (χ3n) is 4.13. The van der Waals surface area contributed by atoms with E-state index in [-0.39, 0.29) is 5.91 Å². The minimum atomic E-state index is -0.106. The van der Waals surface area contributed by atoms with Gasteiger partial charge in [-0.2, -0.15) is 5.10 Å². The fraction of sp³-hybridized carbons (Fsp3) is 0.529. The Balaban J connectivity index is 1.62. The molecule has 0 spiro atoms. The number of hydrogen-bond donors (Lipinski definition) is 0. The van der Waals surface area contributed by atoms with E-state index in [1.165, 1.54) is 0 Å². The van der Waals surface area contributed by atoms with E-state index >= 15 is 0 Å². The van der Waals surface area contributed by atoms with Crippen LogP contribution in [0.25, 0.3) is 0 Å². The number of amides is 1. The van der Waals surface area contributed by atoms with Gasteiger partial charge in [0.25, 0.3) is 5.91 Å². The third kappa shape index (κ3) is 4.14. The minimum Gasteiger partial charge on any atom is -0.378 e. The van der Waals surface area contributed by atoms with Gasteiger partial charge < -0.3 is 14.5 Å². The van der Waals surface area contributed by atoms with Crippen LogP contribution >= 0.6 is 0 Å². The monoisotopic (exact) mass is 344 g/mol. The van der Waals surface area contributed by atoms with E-state index in [2.05, 4.69) is 33.8 Å². The van der Waals surface area contributed by atoms with Crippen LogP contribution in [0, 0.1) is 0 Å². The topological polar surface area (TPSA) is 76.4 Å². The van der Waals surface area contributed by atoms with Crippen molar-refractivity contribution < 1.29 is 9.53 Å². The van der Waals surface area contributed by atoms with Gasteiger partial charge in [0.05, 0.1) is 25.0 Å². The first-order chi connectivity index (χ1) is 12.0. The molecule has 0 unspecified atom stereocenters. The molecule has 0 radical (unpaired) electrons. The molecule has 25 heavy (non-hydrogen) atoms. The summed E-state index contributed by atoms with van der Waals surface area (Å²) in [6, 6.07) is 0.302. The van der Waals surface area contributed by atoms with Crippen LogP contribution in [0.3, 0.4) is 0 Å². The molecule has 3 heterocycles. The number of anilines is 1. The molecule has 2 aromatic rings. The summed E-state index contributed by atoms with van der Waals surface area (Å²) in [5.41, 5.74) is 1.48. The number of aromatic nitrogens is 4. The van der Waals surface area contributed by atoms with Crippen molar-refractivity contribution in [2.45, 2.75) is 26.4 Å². The molecule has 1 aliphatic heterocycles. The summed E-state index contributed by atoms with van der Waals surface area (Å²) in [6.45, 7) is 7.53. The fourth-order valence-corrected chi connectivity index (χ4v) is 2.67. The van der Waals surface area contributed by atoms with E-state index in [1.807, 2.05) is 10.9 Å². The molecule has 0 bridgehead atoms. The van der Waals surface area contributed by atoms with Gasteiger partial charge in [-0.3, -0.25) is 9.48 Å². The molecule has 1 saturated heterocycles. The summed E-state index contributed by atoms with van der Waals surface area (Å²) in [5, 5.41) is 4.30. The Bertz CT molecular complexity index is 706. The van der Waals surface area contributed by atoms with Gasteiger partial charge in [-0.1, -0.05) is 0 Å². The SMILES string of the molecule is CC(C)n1cc(CN(C)C(=O)c2cnc(N3CCOCC3)nc2)cn1. The summed E-state index contributed by atoms with van der Waals surface area (Å²) in [4.78, 5) is 24.9. The van der Waals surface area contributed by atoms with Crippen LogP contribution in [0.15, 0.2) is 24.8 Å². The molecule has 0 saturated carbocycles. The lowest BCUT2D eigenvalue weighted by molar-refractivity contribution is 0.0784. The number of ether oxygens (including phenoxy) is 1. The highest BCUT2D eigenvalue weighted by Gasteiger charge is 2.17. The molecule has 3 rings (SSSR count). The lowest BCUT2D eigenvalue weighted by Gasteiger charge is -2.26. The van der Waals surface area contributed by atoms with Crippen LogP contribution in [0.1, 0.15) is 35.8 Å². The lowest BCUT2D eigenvalue weighted by Crippen LogP contribution is -2.37. The van der Waals surface area contributed by atoms with Crippen LogP contribution in [0.2, 0.25) is 0 Å².